The lowest BCUT2D eigenvalue weighted by Gasteiger charge is -2.27. The van der Waals surface area contributed by atoms with Crippen molar-refractivity contribution in [3.05, 3.63) is 32.9 Å². The Bertz CT molecular complexity index is 445. The maximum Gasteiger partial charge on any atom is 0.339 e. The summed E-state index contributed by atoms with van der Waals surface area (Å²) in [5.74, 6) is -0.228. The van der Waals surface area contributed by atoms with Crippen molar-refractivity contribution < 1.29 is 9.53 Å². The fourth-order valence-electron chi connectivity index (χ4n) is 2.18. The highest BCUT2D eigenvalue weighted by Crippen LogP contribution is 2.20. The van der Waals surface area contributed by atoms with Gasteiger partial charge in [-0.25, -0.2) is 4.79 Å². The number of piperazine rings is 1. The van der Waals surface area contributed by atoms with E-state index in [1.807, 2.05) is 19.1 Å². The molecular weight excluding hydrogens is 355 g/mol. The Hall–Kier alpha value is -0.660. The molecule has 1 aliphatic rings. The van der Waals surface area contributed by atoms with Gasteiger partial charge in [-0.15, -0.1) is 0 Å². The Morgan fingerprint density at radius 1 is 1.42 bits per heavy atom. The number of halogens is 1. The van der Waals surface area contributed by atoms with Gasteiger partial charge in [-0.1, -0.05) is 12.1 Å². The molecule has 0 aliphatic carbocycles. The van der Waals surface area contributed by atoms with E-state index in [1.54, 1.807) is 0 Å². The average molecular weight is 374 g/mol. The van der Waals surface area contributed by atoms with Crippen LogP contribution in [0.15, 0.2) is 18.2 Å². The average Bonchev–Trinajstić information content (AvgIpc) is 2.42. The summed E-state index contributed by atoms with van der Waals surface area (Å²) in [4.78, 5) is 14.3. The first kappa shape index (κ1) is 14.7. The van der Waals surface area contributed by atoms with Crippen LogP contribution in [0.1, 0.15) is 22.8 Å². The molecule has 19 heavy (non-hydrogen) atoms. The third-order valence-corrected chi connectivity index (χ3v) is 4.45. The van der Waals surface area contributed by atoms with E-state index in [9.17, 15) is 4.79 Å². The van der Waals surface area contributed by atoms with E-state index in [0.29, 0.717) is 12.2 Å². The molecule has 1 saturated heterocycles. The van der Waals surface area contributed by atoms with Crippen LogP contribution < -0.4 is 5.32 Å². The standard InChI is InChI=1S/C14H19IN2O2/c1-2-19-14(18)12-5-3-4-11(13(12)15)10-17-8-6-16-7-9-17/h3-5,16H,2,6-10H2,1H3. The molecule has 1 aliphatic heterocycles. The lowest BCUT2D eigenvalue weighted by molar-refractivity contribution is 0.0525. The smallest absolute Gasteiger partial charge is 0.339 e. The highest BCUT2D eigenvalue weighted by atomic mass is 127. The topological polar surface area (TPSA) is 41.6 Å². The van der Waals surface area contributed by atoms with Crippen molar-refractivity contribution in [1.29, 1.82) is 0 Å². The molecule has 1 fully saturated rings. The van der Waals surface area contributed by atoms with E-state index in [1.165, 1.54) is 5.56 Å². The van der Waals surface area contributed by atoms with Crippen molar-refractivity contribution in [2.45, 2.75) is 13.5 Å². The highest BCUT2D eigenvalue weighted by Gasteiger charge is 2.16. The molecular formula is C14H19IN2O2. The number of hydrogen-bond donors (Lipinski definition) is 1. The summed E-state index contributed by atoms with van der Waals surface area (Å²) >= 11 is 2.25. The van der Waals surface area contributed by atoms with E-state index < -0.39 is 0 Å². The molecule has 2 rings (SSSR count). The summed E-state index contributed by atoms with van der Waals surface area (Å²) in [6.07, 6.45) is 0. The summed E-state index contributed by atoms with van der Waals surface area (Å²) in [5.41, 5.74) is 1.88. The molecule has 1 N–H and O–H groups in total. The number of nitrogens with one attached hydrogen (secondary N) is 1. The molecule has 0 spiro atoms. The Labute approximate surface area is 127 Å². The molecule has 0 atom stereocenters. The van der Waals surface area contributed by atoms with Gasteiger partial charge in [-0.3, -0.25) is 4.90 Å². The minimum absolute atomic E-state index is 0.228. The number of benzene rings is 1. The predicted molar refractivity (Wildman–Crippen MR) is 83.3 cm³/mol. The SMILES string of the molecule is CCOC(=O)c1cccc(CN2CCNCC2)c1I. The number of hydrogen-bond acceptors (Lipinski definition) is 4. The zero-order valence-electron chi connectivity index (χ0n) is 11.1. The summed E-state index contributed by atoms with van der Waals surface area (Å²) < 4.78 is 6.10. The fourth-order valence-corrected chi connectivity index (χ4v) is 2.93. The molecule has 5 heteroatoms. The molecule has 0 radical (unpaired) electrons. The minimum Gasteiger partial charge on any atom is -0.462 e. The van der Waals surface area contributed by atoms with Gasteiger partial charge < -0.3 is 10.1 Å². The third-order valence-electron chi connectivity index (χ3n) is 3.18. The zero-order valence-corrected chi connectivity index (χ0v) is 13.3. The molecule has 0 bridgehead atoms. The molecule has 1 heterocycles. The van der Waals surface area contributed by atoms with Crippen LogP contribution in [-0.4, -0.2) is 43.7 Å². The lowest BCUT2D eigenvalue weighted by atomic mass is 10.1. The fraction of sp³-hybridized carbons (Fsp3) is 0.500. The molecule has 104 valence electrons. The van der Waals surface area contributed by atoms with Crippen LogP contribution in [0.2, 0.25) is 0 Å². The molecule has 1 aromatic carbocycles. The van der Waals surface area contributed by atoms with Gasteiger partial charge >= 0.3 is 5.97 Å². The van der Waals surface area contributed by atoms with Crippen LogP contribution in [-0.2, 0) is 11.3 Å². The van der Waals surface area contributed by atoms with Crippen LogP contribution in [0.4, 0.5) is 0 Å². The monoisotopic (exact) mass is 374 g/mol. The van der Waals surface area contributed by atoms with E-state index in [0.717, 1.165) is 36.3 Å². The summed E-state index contributed by atoms with van der Waals surface area (Å²) in [5, 5.41) is 3.34. The van der Waals surface area contributed by atoms with Crippen LogP contribution in [0.25, 0.3) is 0 Å². The Kier molecular flexibility index (Phi) is 5.59. The molecule has 0 amide bonds. The van der Waals surface area contributed by atoms with E-state index in [4.69, 9.17) is 4.74 Å². The van der Waals surface area contributed by atoms with Gasteiger partial charge in [0.2, 0.25) is 0 Å². The van der Waals surface area contributed by atoms with Crippen molar-refractivity contribution >= 4 is 28.6 Å². The molecule has 4 nitrogen and oxygen atoms in total. The minimum atomic E-state index is -0.228. The number of carbonyl (C=O) groups excluding carboxylic acids is 1. The second kappa shape index (κ2) is 7.21. The number of nitrogens with zero attached hydrogens (tertiary/aromatic N) is 1. The van der Waals surface area contributed by atoms with Crippen molar-refractivity contribution in [2.24, 2.45) is 0 Å². The van der Waals surface area contributed by atoms with Crippen molar-refractivity contribution in [3.63, 3.8) is 0 Å². The van der Waals surface area contributed by atoms with Crippen LogP contribution in [0.3, 0.4) is 0 Å². The Morgan fingerprint density at radius 2 is 2.16 bits per heavy atom. The number of rotatable bonds is 4. The molecule has 1 aromatic rings. The quantitative estimate of drug-likeness (QED) is 0.646. The third kappa shape index (κ3) is 3.90. The number of ether oxygens (including phenoxy) is 1. The van der Waals surface area contributed by atoms with Crippen molar-refractivity contribution in [3.8, 4) is 0 Å². The zero-order chi connectivity index (χ0) is 13.7. The Balaban J connectivity index is 2.12. The van der Waals surface area contributed by atoms with Crippen molar-refractivity contribution in [2.75, 3.05) is 32.8 Å². The second-order valence-corrected chi connectivity index (χ2v) is 5.60. The number of esters is 1. The Morgan fingerprint density at radius 3 is 2.84 bits per heavy atom. The van der Waals surface area contributed by atoms with Gasteiger partial charge in [-0.05, 0) is 41.1 Å². The van der Waals surface area contributed by atoms with Gasteiger partial charge in [0, 0.05) is 36.3 Å². The first-order valence-corrected chi connectivity index (χ1v) is 7.68. The van der Waals surface area contributed by atoms with Gasteiger partial charge in [0.05, 0.1) is 12.2 Å². The largest absolute Gasteiger partial charge is 0.462 e. The highest BCUT2D eigenvalue weighted by molar-refractivity contribution is 14.1. The summed E-state index contributed by atoms with van der Waals surface area (Å²) in [6, 6.07) is 5.86. The maximum absolute atomic E-state index is 11.9. The van der Waals surface area contributed by atoms with E-state index >= 15 is 0 Å². The normalized spacial score (nSPS) is 16.3. The lowest BCUT2D eigenvalue weighted by Crippen LogP contribution is -2.43. The van der Waals surface area contributed by atoms with Crippen LogP contribution in [0.5, 0.6) is 0 Å². The van der Waals surface area contributed by atoms with Crippen LogP contribution >= 0.6 is 22.6 Å². The first-order valence-electron chi connectivity index (χ1n) is 6.60. The predicted octanol–water partition coefficient (Wildman–Crippen LogP) is 1.87. The second-order valence-electron chi connectivity index (χ2n) is 4.53. The maximum atomic E-state index is 11.9. The molecule has 0 unspecified atom stereocenters. The summed E-state index contributed by atoms with van der Waals surface area (Å²) in [7, 11) is 0. The van der Waals surface area contributed by atoms with Gasteiger partial charge in [0.15, 0.2) is 0 Å². The van der Waals surface area contributed by atoms with Gasteiger partial charge in [0.25, 0.3) is 0 Å². The summed E-state index contributed by atoms with van der Waals surface area (Å²) in [6.45, 7) is 7.32. The van der Waals surface area contributed by atoms with Gasteiger partial charge in [-0.2, -0.15) is 0 Å². The first-order chi connectivity index (χ1) is 9.22. The van der Waals surface area contributed by atoms with E-state index in [2.05, 4.69) is 38.9 Å². The van der Waals surface area contributed by atoms with Crippen molar-refractivity contribution in [1.82, 2.24) is 10.2 Å². The molecule has 0 aromatic heterocycles. The van der Waals surface area contributed by atoms with Gasteiger partial charge in [0.1, 0.15) is 0 Å². The van der Waals surface area contributed by atoms with E-state index in [-0.39, 0.29) is 5.97 Å². The van der Waals surface area contributed by atoms with Crippen LogP contribution in [0, 0.1) is 3.57 Å². The number of carbonyl (C=O) groups is 1. The molecule has 0 saturated carbocycles.